The van der Waals surface area contributed by atoms with Gasteiger partial charge in [-0.25, -0.2) is 0 Å². The third-order valence-corrected chi connectivity index (χ3v) is 4.34. The molecule has 2 N–H and O–H groups in total. The molecule has 3 heteroatoms. The summed E-state index contributed by atoms with van der Waals surface area (Å²) >= 11 is 0. The van der Waals surface area contributed by atoms with Crippen LogP contribution in [-0.4, -0.2) is 24.5 Å². The minimum absolute atomic E-state index is 0.184. The Hall–Kier alpha value is -0.570. The third kappa shape index (κ3) is 2.57. The maximum absolute atomic E-state index is 12.1. The lowest BCUT2D eigenvalue weighted by Crippen LogP contribution is -2.43. The standard InChI is InChI=1S/C13H24N2O/c1-9(11-5-3-4-6-11)15-13(16)12-7-8-14-10(12)2/h9-12,14H,3-8H2,1-2H3,(H,15,16)/t9-,10?,12?/m1/s1. The lowest BCUT2D eigenvalue weighted by Gasteiger charge is -2.23. The molecule has 1 saturated heterocycles. The van der Waals surface area contributed by atoms with Crippen LogP contribution in [0.5, 0.6) is 0 Å². The summed E-state index contributed by atoms with van der Waals surface area (Å²) in [5.41, 5.74) is 0. The zero-order valence-corrected chi connectivity index (χ0v) is 10.5. The predicted molar refractivity (Wildman–Crippen MR) is 65.1 cm³/mol. The van der Waals surface area contributed by atoms with Crippen LogP contribution in [0.3, 0.4) is 0 Å². The maximum Gasteiger partial charge on any atom is 0.224 e. The Balaban J connectivity index is 1.81. The van der Waals surface area contributed by atoms with Crippen molar-refractivity contribution in [3.63, 3.8) is 0 Å². The van der Waals surface area contributed by atoms with E-state index in [1.54, 1.807) is 0 Å². The number of rotatable bonds is 3. The van der Waals surface area contributed by atoms with E-state index in [0.29, 0.717) is 18.0 Å². The molecule has 1 heterocycles. The van der Waals surface area contributed by atoms with E-state index in [1.165, 1.54) is 25.7 Å². The van der Waals surface area contributed by atoms with E-state index in [4.69, 9.17) is 0 Å². The molecule has 0 radical (unpaired) electrons. The Kier molecular flexibility index (Phi) is 3.85. The summed E-state index contributed by atoms with van der Waals surface area (Å²) < 4.78 is 0. The average molecular weight is 224 g/mol. The van der Waals surface area contributed by atoms with Gasteiger partial charge in [-0.2, -0.15) is 0 Å². The fourth-order valence-corrected chi connectivity index (χ4v) is 3.12. The first-order chi connectivity index (χ1) is 7.68. The van der Waals surface area contributed by atoms with E-state index < -0.39 is 0 Å². The van der Waals surface area contributed by atoms with Crippen molar-refractivity contribution < 1.29 is 4.79 Å². The van der Waals surface area contributed by atoms with Gasteiger partial charge in [0.1, 0.15) is 0 Å². The van der Waals surface area contributed by atoms with Crippen LogP contribution in [0.2, 0.25) is 0 Å². The number of nitrogens with one attached hydrogen (secondary N) is 2. The summed E-state index contributed by atoms with van der Waals surface area (Å²) in [6, 6.07) is 0.707. The molecule has 1 amide bonds. The van der Waals surface area contributed by atoms with Crippen LogP contribution in [0.15, 0.2) is 0 Å². The minimum Gasteiger partial charge on any atom is -0.353 e. The van der Waals surface area contributed by atoms with Gasteiger partial charge in [0.15, 0.2) is 0 Å². The molecule has 2 aliphatic rings. The van der Waals surface area contributed by atoms with Crippen LogP contribution in [0.25, 0.3) is 0 Å². The zero-order valence-electron chi connectivity index (χ0n) is 10.5. The van der Waals surface area contributed by atoms with Gasteiger partial charge < -0.3 is 10.6 Å². The molecule has 0 aromatic carbocycles. The molecule has 0 spiro atoms. The molecular formula is C13H24N2O. The largest absolute Gasteiger partial charge is 0.353 e. The number of hydrogen-bond donors (Lipinski definition) is 2. The molecule has 0 bridgehead atoms. The van der Waals surface area contributed by atoms with Crippen LogP contribution in [0.1, 0.15) is 46.0 Å². The summed E-state index contributed by atoms with van der Waals surface area (Å²) in [7, 11) is 0. The topological polar surface area (TPSA) is 41.1 Å². The van der Waals surface area contributed by atoms with Crippen LogP contribution in [-0.2, 0) is 4.79 Å². The molecule has 2 rings (SSSR count). The first-order valence-corrected chi connectivity index (χ1v) is 6.72. The quantitative estimate of drug-likeness (QED) is 0.766. The molecule has 1 aliphatic carbocycles. The Labute approximate surface area is 98.4 Å². The third-order valence-electron chi connectivity index (χ3n) is 4.34. The summed E-state index contributed by atoms with van der Waals surface area (Å²) in [5.74, 6) is 1.16. The number of carbonyl (C=O) groups is 1. The van der Waals surface area contributed by atoms with Crippen molar-refractivity contribution in [3.8, 4) is 0 Å². The highest BCUT2D eigenvalue weighted by atomic mass is 16.2. The highest BCUT2D eigenvalue weighted by Crippen LogP contribution is 2.28. The maximum atomic E-state index is 12.1. The van der Waals surface area contributed by atoms with Gasteiger partial charge in [0.05, 0.1) is 5.92 Å². The molecule has 0 aromatic rings. The smallest absolute Gasteiger partial charge is 0.224 e. The fourth-order valence-electron chi connectivity index (χ4n) is 3.12. The number of amides is 1. The molecule has 92 valence electrons. The van der Waals surface area contributed by atoms with Gasteiger partial charge in [-0.05, 0) is 45.6 Å². The van der Waals surface area contributed by atoms with Crippen molar-refractivity contribution in [1.82, 2.24) is 10.6 Å². The molecule has 0 aromatic heterocycles. The average Bonchev–Trinajstić information content (AvgIpc) is 2.86. The van der Waals surface area contributed by atoms with Gasteiger partial charge >= 0.3 is 0 Å². The van der Waals surface area contributed by atoms with Crippen molar-refractivity contribution in [2.45, 2.75) is 58.0 Å². The van der Waals surface area contributed by atoms with E-state index >= 15 is 0 Å². The van der Waals surface area contributed by atoms with Crippen LogP contribution in [0, 0.1) is 11.8 Å². The normalized spacial score (nSPS) is 32.9. The van der Waals surface area contributed by atoms with Crippen molar-refractivity contribution in [2.24, 2.45) is 11.8 Å². The predicted octanol–water partition coefficient (Wildman–Crippen LogP) is 1.68. The monoisotopic (exact) mass is 224 g/mol. The SMILES string of the molecule is CC1NCCC1C(=O)N[C@H](C)C1CCCC1. The van der Waals surface area contributed by atoms with Gasteiger partial charge in [0.2, 0.25) is 5.91 Å². The fraction of sp³-hybridized carbons (Fsp3) is 0.923. The first kappa shape index (κ1) is 11.9. The molecule has 2 fully saturated rings. The van der Waals surface area contributed by atoms with E-state index in [2.05, 4.69) is 24.5 Å². The molecule has 3 atom stereocenters. The molecule has 1 saturated carbocycles. The van der Waals surface area contributed by atoms with Crippen LogP contribution < -0.4 is 10.6 Å². The lowest BCUT2D eigenvalue weighted by molar-refractivity contribution is -0.126. The van der Waals surface area contributed by atoms with Crippen molar-refractivity contribution in [1.29, 1.82) is 0 Å². The van der Waals surface area contributed by atoms with Gasteiger partial charge in [-0.3, -0.25) is 4.79 Å². The molecule has 2 unspecified atom stereocenters. The van der Waals surface area contributed by atoms with E-state index in [-0.39, 0.29) is 11.8 Å². The van der Waals surface area contributed by atoms with Gasteiger partial charge in [0.25, 0.3) is 0 Å². The second kappa shape index (κ2) is 5.17. The molecule has 16 heavy (non-hydrogen) atoms. The molecular weight excluding hydrogens is 200 g/mol. The second-order valence-corrected chi connectivity index (χ2v) is 5.48. The second-order valence-electron chi connectivity index (χ2n) is 5.48. The first-order valence-electron chi connectivity index (χ1n) is 6.72. The van der Waals surface area contributed by atoms with E-state index in [9.17, 15) is 4.79 Å². The van der Waals surface area contributed by atoms with Crippen molar-refractivity contribution >= 4 is 5.91 Å². The number of hydrogen-bond acceptors (Lipinski definition) is 2. The lowest BCUT2D eigenvalue weighted by atomic mass is 9.96. The molecule has 1 aliphatic heterocycles. The van der Waals surface area contributed by atoms with Crippen molar-refractivity contribution in [2.75, 3.05) is 6.54 Å². The van der Waals surface area contributed by atoms with Gasteiger partial charge in [0, 0.05) is 12.1 Å². The van der Waals surface area contributed by atoms with E-state index in [0.717, 1.165) is 13.0 Å². The zero-order chi connectivity index (χ0) is 11.5. The van der Waals surface area contributed by atoms with Crippen molar-refractivity contribution in [3.05, 3.63) is 0 Å². The summed E-state index contributed by atoms with van der Waals surface area (Å²) in [6.07, 6.45) is 6.25. The van der Waals surface area contributed by atoms with Gasteiger partial charge in [-0.15, -0.1) is 0 Å². The minimum atomic E-state index is 0.184. The Bertz CT molecular complexity index is 248. The van der Waals surface area contributed by atoms with Crippen LogP contribution in [0.4, 0.5) is 0 Å². The Morgan fingerprint density at radius 1 is 1.31 bits per heavy atom. The highest BCUT2D eigenvalue weighted by molar-refractivity contribution is 5.80. The highest BCUT2D eigenvalue weighted by Gasteiger charge is 2.31. The van der Waals surface area contributed by atoms with Crippen LogP contribution >= 0.6 is 0 Å². The Morgan fingerprint density at radius 2 is 2.00 bits per heavy atom. The molecule has 3 nitrogen and oxygen atoms in total. The van der Waals surface area contributed by atoms with E-state index in [1.807, 2.05) is 0 Å². The Morgan fingerprint density at radius 3 is 2.56 bits per heavy atom. The number of carbonyl (C=O) groups excluding carboxylic acids is 1. The summed E-state index contributed by atoms with van der Waals surface area (Å²) in [4.78, 5) is 12.1. The summed E-state index contributed by atoms with van der Waals surface area (Å²) in [5, 5.41) is 6.55. The van der Waals surface area contributed by atoms with Gasteiger partial charge in [-0.1, -0.05) is 12.8 Å². The summed E-state index contributed by atoms with van der Waals surface area (Å²) in [6.45, 7) is 5.26.